The first kappa shape index (κ1) is 23.2. The molecule has 0 atom stereocenters. The minimum absolute atomic E-state index is 0.00621. The van der Waals surface area contributed by atoms with Crippen LogP contribution in [0.25, 0.3) is 17.1 Å². The first-order valence-electron chi connectivity index (χ1n) is 9.88. The van der Waals surface area contributed by atoms with Crippen molar-refractivity contribution in [3.63, 3.8) is 0 Å². The van der Waals surface area contributed by atoms with Crippen LogP contribution in [0.1, 0.15) is 27.3 Å². The largest absolute Gasteiger partial charge is 0.324 e. The third-order valence-corrected chi connectivity index (χ3v) is 7.39. The van der Waals surface area contributed by atoms with E-state index in [0.29, 0.717) is 22.6 Å². The predicted molar refractivity (Wildman–Crippen MR) is 134 cm³/mol. The number of hydrogen-bond donors (Lipinski definition) is 1. The number of sulfonamides is 1. The summed E-state index contributed by atoms with van der Waals surface area (Å²) >= 11 is 9.78. The molecule has 0 aliphatic carbocycles. The first-order chi connectivity index (χ1) is 15.7. The normalized spacial score (nSPS) is 11.5. The Labute approximate surface area is 205 Å². The van der Waals surface area contributed by atoms with E-state index in [0.717, 1.165) is 21.4 Å². The molecule has 4 aromatic rings. The number of hydrogen-bond acceptors (Lipinski definition) is 4. The van der Waals surface area contributed by atoms with Crippen LogP contribution in [-0.4, -0.2) is 23.9 Å². The highest BCUT2D eigenvalue weighted by Gasteiger charge is 2.20. The van der Waals surface area contributed by atoms with E-state index in [1.54, 1.807) is 36.4 Å². The van der Waals surface area contributed by atoms with Crippen molar-refractivity contribution in [1.82, 2.24) is 14.3 Å². The van der Waals surface area contributed by atoms with Crippen molar-refractivity contribution in [2.24, 2.45) is 0 Å². The van der Waals surface area contributed by atoms with Crippen LogP contribution in [0.5, 0.6) is 0 Å². The number of benzene rings is 3. The molecule has 1 aromatic heterocycles. The summed E-state index contributed by atoms with van der Waals surface area (Å²) in [7, 11) is -4.03. The fourth-order valence-corrected chi connectivity index (χ4v) is 5.13. The Bertz CT molecular complexity index is 1500. The summed E-state index contributed by atoms with van der Waals surface area (Å²) in [5.41, 5.74) is 3.27. The summed E-state index contributed by atoms with van der Waals surface area (Å²) in [5.74, 6) is 0.0215. The average molecular weight is 545 g/mol. The van der Waals surface area contributed by atoms with Crippen LogP contribution in [0.15, 0.2) is 76.6 Å². The molecule has 0 aliphatic heterocycles. The summed E-state index contributed by atoms with van der Waals surface area (Å²) in [6, 6.07) is 16.6. The van der Waals surface area contributed by atoms with Crippen molar-refractivity contribution in [3.8, 4) is 0 Å². The van der Waals surface area contributed by atoms with Gasteiger partial charge in [-0.25, -0.2) is 18.1 Å². The van der Waals surface area contributed by atoms with Crippen molar-refractivity contribution < 1.29 is 13.2 Å². The van der Waals surface area contributed by atoms with Crippen LogP contribution in [0.4, 0.5) is 0 Å². The molecule has 33 heavy (non-hydrogen) atoms. The van der Waals surface area contributed by atoms with Crippen LogP contribution < -0.4 is 4.72 Å². The fourth-order valence-electron chi connectivity index (χ4n) is 3.43. The van der Waals surface area contributed by atoms with Crippen LogP contribution >= 0.6 is 27.5 Å². The zero-order valence-corrected chi connectivity index (χ0v) is 20.7. The molecule has 4 rings (SSSR count). The van der Waals surface area contributed by atoms with Crippen molar-refractivity contribution in [1.29, 1.82) is 0 Å². The molecule has 6 nitrogen and oxygen atoms in total. The maximum absolute atomic E-state index is 12.8. The van der Waals surface area contributed by atoms with Gasteiger partial charge in [-0.2, -0.15) is 0 Å². The maximum Gasteiger partial charge on any atom is 0.265 e. The van der Waals surface area contributed by atoms with Crippen molar-refractivity contribution in [2.75, 3.05) is 0 Å². The van der Waals surface area contributed by atoms with E-state index in [1.807, 2.05) is 29.7 Å². The van der Waals surface area contributed by atoms with Crippen molar-refractivity contribution in [3.05, 3.63) is 99.3 Å². The molecule has 0 unspecified atom stereocenters. The van der Waals surface area contributed by atoms with Gasteiger partial charge >= 0.3 is 0 Å². The Balaban J connectivity index is 1.65. The average Bonchev–Trinajstić information content (AvgIpc) is 3.09. The summed E-state index contributed by atoms with van der Waals surface area (Å²) < 4.78 is 30.3. The minimum atomic E-state index is -4.03. The standard InChI is InChI=1S/C24H19BrClN3O3S/c1-3-16-4-9-20(10-5-16)33(31,32)28-24(30)17-7-11-22-23(12-17)29(15(2)27-22)14-18-6-8-19(25)13-21(18)26/h3-13H,1,14H2,2H3,(H,28,30). The van der Waals surface area contributed by atoms with E-state index in [4.69, 9.17) is 11.6 Å². The summed E-state index contributed by atoms with van der Waals surface area (Å²) in [6.07, 6.45) is 1.61. The van der Waals surface area contributed by atoms with Crippen LogP contribution in [0, 0.1) is 6.92 Å². The lowest BCUT2D eigenvalue weighted by atomic mass is 10.2. The molecule has 0 bridgehead atoms. The number of halogens is 2. The van der Waals surface area contributed by atoms with Gasteiger partial charge in [0.25, 0.3) is 15.9 Å². The second kappa shape index (κ2) is 9.13. The number of nitrogens with zero attached hydrogens (tertiary/aromatic N) is 2. The predicted octanol–water partition coefficient (Wildman–Crippen LogP) is 5.57. The number of carbonyl (C=O) groups excluding carboxylic acids is 1. The van der Waals surface area contributed by atoms with E-state index in [-0.39, 0.29) is 10.5 Å². The monoisotopic (exact) mass is 543 g/mol. The topological polar surface area (TPSA) is 81.1 Å². The third-order valence-electron chi connectivity index (χ3n) is 5.20. The van der Waals surface area contributed by atoms with Gasteiger partial charge in [0.2, 0.25) is 0 Å². The lowest BCUT2D eigenvalue weighted by molar-refractivity contribution is 0.0981. The summed E-state index contributed by atoms with van der Waals surface area (Å²) in [5, 5.41) is 0.605. The highest BCUT2D eigenvalue weighted by atomic mass is 79.9. The quantitative estimate of drug-likeness (QED) is 0.344. The molecular weight excluding hydrogens is 526 g/mol. The Morgan fingerprint density at radius 1 is 1.15 bits per heavy atom. The molecular formula is C24H19BrClN3O3S. The molecule has 3 aromatic carbocycles. The Hall–Kier alpha value is -2.94. The highest BCUT2D eigenvalue weighted by Crippen LogP contribution is 2.25. The zero-order chi connectivity index (χ0) is 23.8. The maximum atomic E-state index is 12.8. The highest BCUT2D eigenvalue weighted by molar-refractivity contribution is 9.10. The SMILES string of the molecule is C=Cc1ccc(S(=O)(=O)NC(=O)c2ccc3nc(C)n(Cc4ccc(Br)cc4Cl)c3c2)cc1. The molecule has 1 N–H and O–H groups in total. The summed E-state index contributed by atoms with van der Waals surface area (Å²) in [6.45, 7) is 5.96. The van der Waals surface area contributed by atoms with Gasteiger partial charge in [-0.1, -0.05) is 58.4 Å². The van der Waals surface area contributed by atoms with Crippen molar-refractivity contribution in [2.45, 2.75) is 18.4 Å². The Kier molecular flexibility index (Phi) is 6.43. The number of amides is 1. The molecule has 1 heterocycles. The van der Waals surface area contributed by atoms with Crippen LogP contribution in [-0.2, 0) is 16.6 Å². The number of fused-ring (bicyclic) bond motifs is 1. The lowest BCUT2D eigenvalue weighted by Gasteiger charge is -2.11. The van der Waals surface area contributed by atoms with Gasteiger partial charge in [0.15, 0.2) is 0 Å². The molecule has 1 amide bonds. The zero-order valence-electron chi connectivity index (χ0n) is 17.5. The van der Waals surface area contributed by atoms with Crippen molar-refractivity contribution >= 4 is 60.6 Å². The van der Waals surface area contributed by atoms with Gasteiger partial charge in [0, 0.05) is 15.1 Å². The number of imidazole rings is 1. The molecule has 0 spiro atoms. The fraction of sp³-hybridized carbons (Fsp3) is 0.0833. The van der Waals surface area contributed by atoms with Gasteiger partial charge < -0.3 is 4.57 Å². The van der Waals surface area contributed by atoms with E-state index in [9.17, 15) is 13.2 Å². The molecule has 0 saturated carbocycles. The number of carbonyl (C=O) groups is 1. The molecule has 0 radical (unpaired) electrons. The van der Waals surface area contributed by atoms with Crippen LogP contribution in [0.2, 0.25) is 5.02 Å². The lowest BCUT2D eigenvalue weighted by Crippen LogP contribution is -2.30. The van der Waals surface area contributed by atoms with Gasteiger partial charge in [-0.15, -0.1) is 0 Å². The van der Waals surface area contributed by atoms with E-state index >= 15 is 0 Å². The Morgan fingerprint density at radius 2 is 1.88 bits per heavy atom. The minimum Gasteiger partial charge on any atom is -0.324 e. The van der Waals surface area contributed by atoms with E-state index in [1.165, 1.54) is 12.1 Å². The molecule has 168 valence electrons. The molecule has 0 aliphatic rings. The molecule has 0 fully saturated rings. The second-order valence-electron chi connectivity index (χ2n) is 7.39. The number of aromatic nitrogens is 2. The number of rotatable bonds is 6. The van der Waals surface area contributed by atoms with Gasteiger partial charge in [-0.3, -0.25) is 4.79 Å². The van der Waals surface area contributed by atoms with E-state index in [2.05, 4.69) is 32.2 Å². The second-order valence-corrected chi connectivity index (χ2v) is 10.4. The summed E-state index contributed by atoms with van der Waals surface area (Å²) in [4.78, 5) is 17.3. The smallest absolute Gasteiger partial charge is 0.265 e. The number of aryl methyl sites for hydroxylation is 1. The van der Waals surface area contributed by atoms with Gasteiger partial charge in [0.05, 0.1) is 22.5 Å². The van der Waals surface area contributed by atoms with E-state index < -0.39 is 15.9 Å². The van der Waals surface area contributed by atoms with Crippen LogP contribution in [0.3, 0.4) is 0 Å². The number of nitrogens with one attached hydrogen (secondary N) is 1. The third kappa shape index (κ3) is 4.88. The van der Waals surface area contributed by atoms with Gasteiger partial charge in [0.1, 0.15) is 5.82 Å². The van der Waals surface area contributed by atoms with Gasteiger partial charge in [-0.05, 0) is 60.5 Å². The molecule has 0 saturated heterocycles. The molecule has 9 heteroatoms. The Morgan fingerprint density at radius 3 is 2.55 bits per heavy atom. The first-order valence-corrected chi connectivity index (χ1v) is 12.5.